The first-order valence-electron chi connectivity index (χ1n) is 10.6. The van der Waals surface area contributed by atoms with Gasteiger partial charge in [-0.3, -0.25) is 9.59 Å². The molecule has 5 nitrogen and oxygen atoms in total. The Morgan fingerprint density at radius 1 is 1.00 bits per heavy atom. The molecule has 2 aromatic carbocycles. The summed E-state index contributed by atoms with van der Waals surface area (Å²) < 4.78 is 40.1. The lowest BCUT2D eigenvalue weighted by Gasteiger charge is -2.10. The van der Waals surface area contributed by atoms with E-state index in [0.717, 1.165) is 17.8 Å². The third kappa shape index (κ3) is 6.87. The van der Waals surface area contributed by atoms with Crippen molar-refractivity contribution < 1.29 is 22.8 Å². The first kappa shape index (κ1) is 25.4. The molecule has 3 rings (SSSR count). The van der Waals surface area contributed by atoms with Gasteiger partial charge in [0, 0.05) is 40.1 Å². The number of nitrogens with zero attached hydrogens (tertiary/aromatic N) is 1. The summed E-state index contributed by atoms with van der Waals surface area (Å²) in [6.07, 6.45) is -4.94. The zero-order chi connectivity index (χ0) is 25.8. The lowest BCUT2D eigenvalue weighted by Crippen LogP contribution is -2.14. The molecule has 1 amide bonds. The Bertz CT molecular complexity index is 1380. The van der Waals surface area contributed by atoms with Crippen LogP contribution in [0, 0.1) is 31.1 Å². The number of aromatic nitrogens is 1. The number of anilines is 1. The molecule has 2 N–H and O–H groups in total. The lowest BCUT2D eigenvalue weighted by atomic mass is 9.99. The number of rotatable bonds is 5. The summed E-state index contributed by atoms with van der Waals surface area (Å²) in [7, 11) is 0. The predicted molar refractivity (Wildman–Crippen MR) is 128 cm³/mol. The zero-order valence-corrected chi connectivity index (χ0v) is 19.3. The zero-order valence-electron chi connectivity index (χ0n) is 19.3. The van der Waals surface area contributed by atoms with Crippen LogP contribution in [0.4, 0.5) is 19.0 Å². The number of aryl methyl sites for hydroxylation is 2. The van der Waals surface area contributed by atoms with Gasteiger partial charge in [0.1, 0.15) is 5.82 Å². The number of ketones is 1. The van der Waals surface area contributed by atoms with E-state index >= 15 is 0 Å². The lowest BCUT2D eigenvalue weighted by molar-refractivity contribution is -0.137. The smallest absolute Gasteiger partial charge is 0.310 e. The minimum Gasteiger partial charge on any atom is -0.310 e. The van der Waals surface area contributed by atoms with E-state index in [1.54, 1.807) is 50.2 Å². The molecule has 3 aromatic rings. The van der Waals surface area contributed by atoms with Gasteiger partial charge in [-0.25, -0.2) is 4.98 Å². The van der Waals surface area contributed by atoms with Crippen molar-refractivity contribution in [1.29, 1.82) is 5.41 Å². The van der Waals surface area contributed by atoms with Crippen molar-refractivity contribution in [2.75, 3.05) is 5.32 Å². The molecule has 8 heteroatoms. The van der Waals surface area contributed by atoms with Gasteiger partial charge in [0.25, 0.3) is 5.91 Å². The van der Waals surface area contributed by atoms with Gasteiger partial charge in [-0.2, -0.15) is 13.2 Å². The first-order chi connectivity index (χ1) is 16.4. The maximum atomic E-state index is 13.4. The van der Waals surface area contributed by atoms with Crippen LogP contribution in [0.1, 0.15) is 62.0 Å². The SMILES string of the molecule is CC(=N)CC(=O)c1cc(C#Cc2ccc(C)c(C(=O)Nc3cccc(C)n3)c2)cc(C(F)(F)F)c1. The number of halogens is 3. The van der Waals surface area contributed by atoms with Crippen molar-refractivity contribution in [2.24, 2.45) is 0 Å². The quantitative estimate of drug-likeness (QED) is 0.269. The topological polar surface area (TPSA) is 82.9 Å². The summed E-state index contributed by atoms with van der Waals surface area (Å²) in [5.74, 6) is 4.85. The number of hydrogen-bond donors (Lipinski definition) is 2. The second-order valence-corrected chi connectivity index (χ2v) is 8.08. The Labute approximate surface area is 200 Å². The van der Waals surface area contributed by atoms with Crippen LogP contribution >= 0.6 is 0 Å². The number of alkyl halides is 3. The maximum Gasteiger partial charge on any atom is 0.416 e. The molecule has 0 aliphatic rings. The van der Waals surface area contributed by atoms with Crippen molar-refractivity contribution in [2.45, 2.75) is 33.4 Å². The average Bonchev–Trinajstić information content (AvgIpc) is 2.77. The molecule has 0 atom stereocenters. The van der Waals surface area contributed by atoms with Crippen LogP contribution in [-0.2, 0) is 6.18 Å². The van der Waals surface area contributed by atoms with Gasteiger partial charge in [0.15, 0.2) is 5.78 Å². The number of carbonyl (C=O) groups excluding carboxylic acids is 2. The Morgan fingerprint density at radius 3 is 2.37 bits per heavy atom. The van der Waals surface area contributed by atoms with Gasteiger partial charge >= 0.3 is 6.18 Å². The number of amides is 1. The van der Waals surface area contributed by atoms with E-state index in [1.807, 2.05) is 0 Å². The van der Waals surface area contributed by atoms with Crippen LogP contribution in [0.15, 0.2) is 54.6 Å². The monoisotopic (exact) mass is 477 g/mol. The molecule has 178 valence electrons. The molecule has 35 heavy (non-hydrogen) atoms. The number of carbonyl (C=O) groups is 2. The van der Waals surface area contributed by atoms with Gasteiger partial charge in [-0.05, 0) is 68.8 Å². The molecule has 0 radical (unpaired) electrons. The van der Waals surface area contributed by atoms with Crippen LogP contribution in [0.2, 0.25) is 0 Å². The van der Waals surface area contributed by atoms with E-state index < -0.39 is 23.4 Å². The number of nitrogens with one attached hydrogen (secondary N) is 2. The summed E-state index contributed by atoms with van der Waals surface area (Å²) in [5.41, 5.74) is 1.09. The van der Waals surface area contributed by atoms with Gasteiger partial charge in [0.05, 0.1) is 5.56 Å². The number of Topliss-reactive ketones (excluding diaryl/α,β-unsaturated/α-hetero) is 1. The Hall–Kier alpha value is -4.25. The number of benzene rings is 2. The minimum absolute atomic E-state index is 0.00125. The van der Waals surface area contributed by atoms with E-state index in [2.05, 4.69) is 22.1 Å². The largest absolute Gasteiger partial charge is 0.416 e. The highest BCUT2D eigenvalue weighted by Crippen LogP contribution is 2.31. The van der Waals surface area contributed by atoms with Crippen LogP contribution in [0.3, 0.4) is 0 Å². The van der Waals surface area contributed by atoms with Gasteiger partial charge in [-0.15, -0.1) is 0 Å². The molecule has 1 aromatic heterocycles. The molecular weight excluding hydrogens is 455 g/mol. The van der Waals surface area contributed by atoms with E-state index in [4.69, 9.17) is 5.41 Å². The predicted octanol–water partition coefficient (Wildman–Crippen LogP) is 5.98. The van der Waals surface area contributed by atoms with Crippen LogP contribution in [-0.4, -0.2) is 22.4 Å². The van der Waals surface area contributed by atoms with E-state index in [1.165, 1.54) is 13.0 Å². The maximum absolute atomic E-state index is 13.4. The van der Waals surface area contributed by atoms with Crippen LogP contribution < -0.4 is 5.32 Å². The minimum atomic E-state index is -4.66. The third-order valence-electron chi connectivity index (χ3n) is 4.97. The fourth-order valence-corrected chi connectivity index (χ4v) is 3.25. The first-order valence-corrected chi connectivity index (χ1v) is 10.6. The normalized spacial score (nSPS) is 10.8. The molecular formula is C27H22F3N3O2. The van der Waals surface area contributed by atoms with Crippen molar-refractivity contribution in [3.05, 3.63) is 93.7 Å². The fraction of sp³-hybridized carbons (Fsp3) is 0.185. The van der Waals surface area contributed by atoms with Gasteiger partial charge in [-0.1, -0.05) is 24.0 Å². The van der Waals surface area contributed by atoms with Crippen molar-refractivity contribution in [3.8, 4) is 11.8 Å². The summed E-state index contributed by atoms with van der Waals surface area (Å²) >= 11 is 0. The highest BCUT2D eigenvalue weighted by Gasteiger charge is 2.31. The number of pyridine rings is 1. The fourth-order valence-electron chi connectivity index (χ4n) is 3.25. The van der Waals surface area contributed by atoms with Crippen LogP contribution in [0.25, 0.3) is 0 Å². The van der Waals surface area contributed by atoms with Gasteiger partial charge < -0.3 is 10.7 Å². The third-order valence-corrected chi connectivity index (χ3v) is 4.97. The molecule has 0 spiro atoms. The Balaban J connectivity index is 1.94. The highest BCUT2D eigenvalue weighted by atomic mass is 19.4. The number of hydrogen-bond acceptors (Lipinski definition) is 4. The Kier molecular flexibility index (Phi) is 7.50. The summed E-state index contributed by atoms with van der Waals surface area (Å²) in [6.45, 7) is 4.97. The molecule has 0 saturated heterocycles. The van der Waals surface area contributed by atoms with Crippen molar-refractivity contribution in [3.63, 3.8) is 0 Å². The standard InChI is InChI=1S/C27H22F3N3O2/c1-16-7-8-19(14-23(16)26(35)33-25-6-4-5-18(3)32-25)9-10-20-12-21(24(34)11-17(2)31)15-22(13-20)27(28,29)30/h4-8,12-15,31H,11H2,1-3H3,(H,32,33,35). The second kappa shape index (κ2) is 10.3. The van der Waals surface area contributed by atoms with E-state index in [9.17, 15) is 22.8 Å². The van der Waals surface area contributed by atoms with E-state index in [-0.39, 0.29) is 23.3 Å². The average molecular weight is 477 g/mol. The van der Waals surface area contributed by atoms with Crippen molar-refractivity contribution >= 4 is 23.2 Å². The molecule has 0 aliphatic heterocycles. The molecule has 0 aliphatic carbocycles. The Morgan fingerprint density at radius 2 is 1.71 bits per heavy atom. The molecule has 0 unspecified atom stereocenters. The summed E-state index contributed by atoms with van der Waals surface area (Å²) in [5, 5.41) is 10.2. The highest BCUT2D eigenvalue weighted by molar-refractivity contribution is 6.08. The molecule has 0 fully saturated rings. The van der Waals surface area contributed by atoms with Crippen LogP contribution in [0.5, 0.6) is 0 Å². The second-order valence-electron chi connectivity index (χ2n) is 8.08. The van der Waals surface area contributed by atoms with Crippen molar-refractivity contribution in [1.82, 2.24) is 4.98 Å². The van der Waals surface area contributed by atoms with Gasteiger partial charge in [0.2, 0.25) is 0 Å². The molecule has 0 saturated carbocycles. The summed E-state index contributed by atoms with van der Waals surface area (Å²) in [6, 6.07) is 13.0. The molecule has 0 bridgehead atoms. The summed E-state index contributed by atoms with van der Waals surface area (Å²) in [4.78, 5) is 29.3. The molecule has 1 heterocycles. The van der Waals surface area contributed by atoms with E-state index in [0.29, 0.717) is 22.5 Å².